The highest BCUT2D eigenvalue weighted by Gasteiger charge is 2.16. The maximum Gasteiger partial charge on any atom is 0.232 e. The highest BCUT2D eigenvalue weighted by Crippen LogP contribution is 2.24. The molecule has 1 atom stereocenters. The number of aliphatic hydroxyl groups excluding tert-OH is 1. The van der Waals surface area contributed by atoms with Gasteiger partial charge in [0.2, 0.25) is 5.91 Å². The van der Waals surface area contributed by atoms with E-state index in [1.54, 1.807) is 12.3 Å². The third-order valence-electron chi connectivity index (χ3n) is 4.23. The monoisotopic (exact) mass is 377 g/mol. The second kappa shape index (κ2) is 9.48. The number of aromatic nitrogens is 2. The number of nitrogens with one attached hydrogen (secondary N) is 3. The zero-order valence-electron chi connectivity index (χ0n) is 15.6. The van der Waals surface area contributed by atoms with Gasteiger partial charge in [-0.3, -0.25) is 4.79 Å². The van der Waals surface area contributed by atoms with Crippen LogP contribution in [0.25, 0.3) is 0 Å². The SMILES string of the molecule is CC(C(=O)Nc1ccncn1)c1cccc(Nc2ccc(NCCO)cc2)c1. The fourth-order valence-corrected chi connectivity index (χ4v) is 2.67. The number of carbonyl (C=O) groups is 1. The molecule has 1 unspecified atom stereocenters. The smallest absolute Gasteiger partial charge is 0.232 e. The summed E-state index contributed by atoms with van der Waals surface area (Å²) in [6, 6.07) is 17.2. The van der Waals surface area contributed by atoms with Crippen LogP contribution in [-0.4, -0.2) is 34.1 Å². The van der Waals surface area contributed by atoms with Crippen LogP contribution < -0.4 is 16.0 Å². The molecule has 1 aromatic heterocycles. The number of benzene rings is 2. The van der Waals surface area contributed by atoms with E-state index in [1.165, 1.54) is 6.33 Å². The van der Waals surface area contributed by atoms with Gasteiger partial charge in [-0.25, -0.2) is 9.97 Å². The van der Waals surface area contributed by atoms with E-state index in [9.17, 15) is 4.79 Å². The number of hydrogen-bond donors (Lipinski definition) is 4. The molecule has 0 spiro atoms. The van der Waals surface area contributed by atoms with Gasteiger partial charge in [-0.15, -0.1) is 0 Å². The zero-order chi connectivity index (χ0) is 19.8. The van der Waals surface area contributed by atoms with Gasteiger partial charge in [0, 0.05) is 29.8 Å². The van der Waals surface area contributed by atoms with E-state index < -0.39 is 0 Å². The van der Waals surface area contributed by atoms with Crippen LogP contribution >= 0.6 is 0 Å². The first-order valence-electron chi connectivity index (χ1n) is 9.04. The van der Waals surface area contributed by atoms with E-state index in [1.807, 2.05) is 55.5 Å². The average molecular weight is 377 g/mol. The molecule has 0 radical (unpaired) electrons. The lowest BCUT2D eigenvalue weighted by molar-refractivity contribution is -0.117. The Hall–Kier alpha value is -3.45. The van der Waals surface area contributed by atoms with Gasteiger partial charge in [-0.1, -0.05) is 12.1 Å². The first-order chi connectivity index (χ1) is 13.7. The number of rotatable bonds is 8. The van der Waals surface area contributed by atoms with Crippen LogP contribution in [-0.2, 0) is 4.79 Å². The Morgan fingerprint density at radius 2 is 1.86 bits per heavy atom. The van der Waals surface area contributed by atoms with E-state index >= 15 is 0 Å². The van der Waals surface area contributed by atoms with Crippen molar-refractivity contribution < 1.29 is 9.90 Å². The summed E-state index contributed by atoms with van der Waals surface area (Å²) in [4.78, 5) is 20.4. The van der Waals surface area contributed by atoms with E-state index in [-0.39, 0.29) is 18.4 Å². The molecule has 3 rings (SSSR count). The van der Waals surface area contributed by atoms with Crippen molar-refractivity contribution in [2.45, 2.75) is 12.8 Å². The quantitative estimate of drug-likeness (QED) is 0.480. The van der Waals surface area contributed by atoms with Gasteiger partial charge in [-0.05, 0) is 55.0 Å². The van der Waals surface area contributed by atoms with Crippen LogP contribution in [0.5, 0.6) is 0 Å². The minimum atomic E-state index is -0.332. The topological polar surface area (TPSA) is 99.2 Å². The van der Waals surface area contributed by atoms with Crippen LogP contribution in [0, 0.1) is 0 Å². The van der Waals surface area contributed by atoms with E-state index in [4.69, 9.17) is 5.11 Å². The van der Waals surface area contributed by atoms with Crippen molar-refractivity contribution in [3.05, 3.63) is 72.7 Å². The third kappa shape index (κ3) is 5.28. The van der Waals surface area contributed by atoms with Gasteiger partial charge in [0.1, 0.15) is 12.1 Å². The van der Waals surface area contributed by atoms with E-state index in [2.05, 4.69) is 25.9 Å². The summed E-state index contributed by atoms with van der Waals surface area (Å²) in [6.07, 6.45) is 2.98. The molecule has 28 heavy (non-hydrogen) atoms. The van der Waals surface area contributed by atoms with Gasteiger partial charge in [0.15, 0.2) is 0 Å². The Bertz CT molecular complexity index is 900. The molecule has 1 heterocycles. The molecule has 2 aromatic carbocycles. The molecular weight excluding hydrogens is 354 g/mol. The van der Waals surface area contributed by atoms with Crippen molar-refractivity contribution in [1.29, 1.82) is 0 Å². The number of nitrogens with zero attached hydrogens (tertiary/aromatic N) is 2. The molecule has 0 aliphatic heterocycles. The molecule has 0 saturated carbocycles. The molecular formula is C21H23N5O2. The predicted octanol–water partition coefficient (Wildman–Crippen LogP) is 3.37. The summed E-state index contributed by atoms with van der Waals surface area (Å²) in [5.41, 5.74) is 3.68. The minimum Gasteiger partial charge on any atom is -0.395 e. The molecule has 0 saturated heterocycles. The maximum atomic E-state index is 12.5. The zero-order valence-corrected chi connectivity index (χ0v) is 15.6. The fourth-order valence-electron chi connectivity index (χ4n) is 2.67. The summed E-state index contributed by atoms with van der Waals surface area (Å²) in [7, 11) is 0. The molecule has 7 nitrogen and oxygen atoms in total. The highest BCUT2D eigenvalue weighted by atomic mass is 16.3. The number of carbonyl (C=O) groups excluding carboxylic acids is 1. The van der Waals surface area contributed by atoms with Gasteiger partial charge in [0.05, 0.1) is 12.5 Å². The van der Waals surface area contributed by atoms with Crippen LogP contribution in [0.4, 0.5) is 22.9 Å². The van der Waals surface area contributed by atoms with Crippen molar-refractivity contribution in [2.75, 3.05) is 29.1 Å². The standard InChI is InChI=1S/C21H23N5O2/c1-15(21(28)26-20-9-10-22-14-24-20)16-3-2-4-19(13-16)25-18-7-5-17(6-8-18)23-11-12-27/h2-10,13-15,23,25,27H,11-12H2,1H3,(H,22,24,26,28). The predicted molar refractivity (Wildman–Crippen MR) is 111 cm³/mol. The highest BCUT2D eigenvalue weighted by molar-refractivity contribution is 5.94. The van der Waals surface area contributed by atoms with Crippen LogP contribution in [0.3, 0.4) is 0 Å². The number of aliphatic hydroxyl groups is 1. The lowest BCUT2D eigenvalue weighted by Gasteiger charge is -2.14. The second-order valence-electron chi connectivity index (χ2n) is 6.28. The Kier molecular flexibility index (Phi) is 6.54. The second-order valence-corrected chi connectivity index (χ2v) is 6.28. The average Bonchev–Trinajstić information content (AvgIpc) is 2.73. The van der Waals surface area contributed by atoms with Gasteiger partial charge < -0.3 is 21.1 Å². The Morgan fingerprint density at radius 3 is 2.57 bits per heavy atom. The van der Waals surface area contributed by atoms with Crippen molar-refractivity contribution in [3.8, 4) is 0 Å². The Labute approximate surface area is 163 Å². The van der Waals surface area contributed by atoms with Crippen molar-refractivity contribution in [1.82, 2.24) is 9.97 Å². The largest absolute Gasteiger partial charge is 0.395 e. The molecule has 7 heteroatoms. The minimum absolute atomic E-state index is 0.0930. The summed E-state index contributed by atoms with van der Waals surface area (Å²) < 4.78 is 0. The molecule has 3 aromatic rings. The van der Waals surface area contributed by atoms with Gasteiger partial charge >= 0.3 is 0 Å². The molecule has 0 aliphatic rings. The first-order valence-corrected chi connectivity index (χ1v) is 9.04. The molecule has 0 aliphatic carbocycles. The molecule has 4 N–H and O–H groups in total. The van der Waals surface area contributed by atoms with Crippen molar-refractivity contribution >= 4 is 28.8 Å². The fraction of sp³-hybridized carbons (Fsp3) is 0.190. The third-order valence-corrected chi connectivity index (χ3v) is 4.23. The van der Waals surface area contributed by atoms with Crippen LogP contribution in [0.15, 0.2) is 67.1 Å². The molecule has 0 bridgehead atoms. The number of anilines is 4. The van der Waals surface area contributed by atoms with E-state index in [0.717, 1.165) is 22.6 Å². The van der Waals surface area contributed by atoms with Crippen LogP contribution in [0.1, 0.15) is 18.4 Å². The van der Waals surface area contributed by atoms with E-state index in [0.29, 0.717) is 12.4 Å². The lowest BCUT2D eigenvalue weighted by atomic mass is 9.99. The summed E-state index contributed by atoms with van der Waals surface area (Å²) in [5.74, 6) is 0.0213. The van der Waals surface area contributed by atoms with Crippen molar-refractivity contribution in [2.24, 2.45) is 0 Å². The first kappa shape index (κ1) is 19.3. The van der Waals surface area contributed by atoms with Gasteiger partial charge in [-0.2, -0.15) is 0 Å². The van der Waals surface area contributed by atoms with Crippen molar-refractivity contribution in [3.63, 3.8) is 0 Å². The Balaban J connectivity index is 1.65. The summed E-state index contributed by atoms with van der Waals surface area (Å²) in [6.45, 7) is 2.47. The van der Waals surface area contributed by atoms with Gasteiger partial charge in [0.25, 0.3) is 0 Å². The summed E-state index contributed by atoms with van der Waals surface area (Å²) in [5, 5.41) is 18.1. The maximum absolute atomic E-state index is 12.5. The molecule has 1 amide bonds. The number of amides is 1. The Morgan fingerprint density at radius 1 is 1.07 bits per heavy atom. The lowest BCUT2D eigenvalue weighted by Crippen LogP contribution is -2.19. The van der Waals surface area contributed by atoms with Crippen LogP contribution in [0.2, 0.25) is 0 Å². The number of hydrogen-bond acceptors (Lipinski definition) is 6. The normalized spacial score (nSPS) is 11.5. The molecule has 0 fully saturated rings. The summed E-state index contributed by atoms with van der Waals surface area (Å²) >= 11 is 0. The molecule has 144 valence electrons.